The van der Waals surface area contributed by atoms with Crippen molar-refractivity contribution in [2.24, 2.45) is 23.7 Å². The number of allylic oxidation sites excluding steroid dienone is 2. The predicted octanol–water partition coefficient (Wildman–Crippen LogP) is 3.35. The molecule has 0 aromatic carbocycles. The molecule has 3 aliphatic carbocycles. The minimum Gasteiger partial charge on any atom is -0.303 e. The minimum atomic E-state index is 0.717. The third-order valence-electron chi connectivity index (χ3n) is 4.97. The van der Waals surface area contributed by atoms with Gasteiger partial charge in [-0.05, 0) is 55.8 Å². The summed E-state index contributed by atoms with van der Waals surface area (Å²) >= 11 is 0. The number of unbranched alkanes of at least 4 members (excludes halogenated alkanes) is 1. The van der Waals surface area contributed by atoms with E-state index in [1.807, 2.05) is 0 Å². The van der Waals surface area contributed by atoms with Crippen molar-refractivity contribution in [1.82, 2.24) is 0 Å². The maximum atomic E-state index is 10.3. The van der Waals surface area contributed by atoms with Crippen molar-refractivity contribution < 1.29 is 4.79 Å². The lowest BCUT2D eigenvalue weighted by molar-refractivity contribution is -0.107. The van der Waals surface area contributed by atoms with Crippen LogP contribution in [-0.2, 0) is 4.79 Å². The Morgan fingerprint density at radius 1 is 1.20 bits per heavy atom. The Kier molecular flexibility index (Phi) is 2.42. The molecule has 0 saturated heterocycles. The predicted molar refractivity (Wildman–Crippen MR) is 60.4 cm³/mol. The van der Waals surface area contributed by atoms with E-state index in [1.165, 1.54) is 32.1 Å². The van der Waals surface area contributed by atoms with Crippen molar-refractivity contribution in [3.8, 4) is 0 Å². The Balaban J connectivity index is 1.70. The van der Waals surface area contributed by atoms with Crippen molar-refractivity contribution in [2.45, 2.75) is 44.9 Å². The van der Waals surface area contributed by atoms with Gasteiger partial charge >= 0.3 is 0 Å². The summed E-state index contributed by atoms with van der Waals surface area (Å²) in [4.78, 5) is 10.3. The third-order valence-corrected chi connectivity index (χ3v) is 4.97. The highest BCUT2D eigenvalue weighted by atomic mass is 16.1. The molecule has 0 heterocycles. The van der Waals surface area contributed by atoms with Gasteiger partial charge in [-0.15, -0.1) is 0 Å². The van der Waals surface area contributed by atoms with E-state index in [4.69, 9.17) is 0 Å². The van der Waals surface area contributed by atoms with Crippen LogP contribution in [0.1, 0.15) is 44.9 Å². The highest BCUT2D eigenvalue weighted by Crippen LogP contribution is 2.60. The molecule has 3 rings (SSSR count). The van der Waals surface area contributed by atoms with Crippen molar-refractivity contribution in [1.29, 1.82) is 0 Å². The van der Waals surface area contributed by atoms with Crippen LogP contribution in [0.2, 0.25) is 0 Å². The summed E-state index contributed by atoms with van der Waals surface area (Å²) in [6, 6.07) is 0. The summed E-state index contributed by atoms with van der Waals surface area (Å²) in [7, 11) is 0. The Labute approximate surface area is 91.9 Å². The third kappa shape index (κ3) is 1.47. The summed E-state index contributed by atoms with van der Waals surface area (Å²) in [5.74, 6) is 4.06. The molecule has 4 atom stereocenters. The zero-order chi connectivity index (χ0) is 10.3. The lowest BCUT2D eigenvalue weighted by Gasteiger charge is -2.26. The molecular weight excluding hydrogens is 184 g/mol. The number of rotatable bonds is 3. The zero-order valence-corrected chi connectivity index (χ0v) is 9.32. The Morgan fingerprint density at radius 2 is 2.07 bits per heavy atom. The normalized spacial score (nSPS) is 44.9. The molecule has 3 fully saturated rings. The van der Waals surface area contributed by atoms with Crippen LogP contribution >= 0.6 is 0 Å². The zero-order valence-electron chi connectivity index (χ0n) is 9.32. The summed E-state index contributed by atoms with van der Waals surface area (Å²) in [6.45, 7) is 0. The first-order chi connectivity index (χ1) is 7.40. The van der Waals surface area contributed by atoms with Gasteiger partial charge in [0.1, 0.15) is 6.29 Å². The Hall–Kier alpha value is -0.590. The fraction of sp³-hybridized carbons (Fsp3) is 0.786. The van der Waals surface area contributed by atoms with Gasteiger partial charge in [0.05, 0.1) is 0 Å². The second kappa shape index (κ2) is 3.77. The smallest absolute Gasteiger partial charge is 0.120 e. The summed E-state index contributed by atoms with van der Waals surface area (Å²) in [6.07, 6.45) is 12.4. The molecule has 0 aromatic rings. The number of carbonyl (C=O) groups excluding carboxylic acids is 1. The van der Waals surface area contributed by atoms with Crippen molar-refractivity contribution in [2.75, 3.05) is 0 Å². The van der Waals surface area contributed by atoms with E-state index in [0.29, 0.717) is 0 Å². The maximum Gasteiger partial charge on any atom is 0.120 e. The second-order valence-corrected chi connectivity index (χ2v) is 5.59. The fourth-order valence-electron chi connectivity index (χ4n) is 4.46. The first-order valence-corrected chi connectivity index (χ1v) is 6.52. The monoisotopic (exact) mass is 204 g/mol. The number of hydrogen-bond donors (Lipinski definition) is 0. The second-order valence-electron chi connectivity index (χ2n) is 5.59. The van der Waals surface area contributed by atoms with E-state index in [9.17, 15) is 4.79 Å². The van der Waals surface area contributed by atoms with E-state index >= 15 is 0 Å². The number of fused-ring (bicyclic) bond motifs is 5. The van der Waals surface area contributed by atoms with E-state index in [0.717, 1.165) is 42.8 Å². The summed E-state index contributed by atoms with van der Waals surface area (Å²) in [5, 5.41) is 0. The van der Waals surface area contributed by atoms with Gasteiger partial charge in [-0.1, -0.05) is 18.1 Å². The molecular formula is C14H20O. The molecule has 1 heteroatoms. The van der Waals surface area contributed by atoms with Gasteiger partial charge in [-0.2, -0.15) is 0 Å². The molecule has 15 heavy (non-hydrogen) atoms. The maximum absolute atomic E-state index is 10.3. The van der Waals surface area contributed by atoms with E-state index in [1.54, 1.807) is 5.57 Å². The minimum absolute atomic E-state index is 0.717. The molecule has 0 unspecified atom stereocenters. The average Bonchev–Trinajstić information content (AvgIpc) is 2.89. The van der Waals surface area contributed by atoms with Crippen LogP contribution in [0.4, 0.5) is 0 Å². The molecule has 0 N–H and O–H groups in total. The van der Waals surface area contributed by atoms with Crippen molar-refractivity contribution in [3.05, 3.63) is 11.6 Å². The van der Waals surface area contributed by atoms with Crippen LogP contribution in [0.15, 0.2) is 11.6 Å². The molecule has 3 aliphatic rings. The van der Waals surface area contributed by atoms with Crippen molar-refractivity contribution >= 4 is 6.29 Å². The van der Waals surface area contributed by atoms with Crippen LogP contribution in [-0.4, -0.2) is 6.29 Å². The van der Waals surface area contributed by atoms with E-state index in [-0.39, 0.29) is 0 Å². The highest BCUT2D eigenvalue weighted by molar-refractivity contribution is 5.49. The lowest BCUT2D eigenvalue weighted by Crippen LogP contribution is -2.18. The fourth-order valence-corrected chi connectivity index (χ4v) is 4.46. The topological polar surface area (TPSA) is 17.1 Å². The van der Waals surface area contributed by atoms with Gasteiger partial charge in [0.25, 0.3) is 0 Å². The lowest BCUT2D eigenvalue weighted by atomic mass is 9.79. The van der Waals surface area contributed by atoms with Crippen LogP contribution < -0.4 is 0 Å². The van der Waals surface area contributed by atoms with Gasteiger partial charge < -0.3 is 4.79 Å². The van der Waals surface area contributed by atoms with Gasteiger partial charge in [0, 0.05) is 6.42 Å². The molecule has 1 nitrogen and oxygen atoms in total. The molecule has 0 amide bonds. The van der Waals surface area contributed by atoms with E-state index in [2.05, 4.69) is 6.08 Å². The van der Waals surface area contributed by atoms with E-state index < -0.39 is 0 Å². The number of carbonyl (C=O) groups is 1. The molecule has 2 bridgehead atoms. The molecule has 3 saturated carbocycles. The molecule has 0 spiro atoms. The molecule has 0 radical (unpaired) electrons. The van der Waals surface area contributed by atoms with Crippen LogP contribution in [0, 0.1) is 23.7 Å². The van der Waals surface area contributed by atoms with Gasteiger partial charge in [-0.3, -0.25) is 0 Å². The summed E-state index contributed by atoms with van der Waals surface area (Å²) < 4.78 is 0. The largest absolute Gasteiger partial charge is 0.303 e. The number of hydrogen-bond acceptors (Lipinski definition) is 1. The molecule has 82 valence electrons. The number of aldehydes is 1. The van der Waals surface area contributed by atoms with Crippen LogP contribution in [0.25, 0.3) is 0 Å². The first kappa shape index (κ1) is 9.62. The first-order valence-electron chi connectivity index (χ1n) is 6.52. The van der Waals surface area contributed by atoms with Crippen molar-refractivity contribution in [3.63, 3.8) is 0 Å². The SMILES string of the molecule is O=CCC/C=C1\C[C@H]2C[C@@H]1[C@H]1CCC[C@H]21. The van der Waals surface area contributed by atoms with Gasteiger partial charge in [-0.25, -0.2) is 0 Å². The van der Waals surface area contributed by atoms with Crippen LogP contribution in [0.3, 0.4) is 0 Å². The quantitative estimate of drug-likeness (QED) is 0.391. The summed E-state index contributed by atoms with van der Waals surface area (Å²) in [5.41, 5.74) is 1.71. The Morgan fingerprint density at radius 3 is 2.93 bits per heavy atom. The van der Waals surface area contributed by atoms with Gasteiger partial charge in [0.2, 0.25) is 0 Å². The molecule has 0 aliphatic heterocycles. The average molecular weight is 204 g/mol. The Bertz CT molecular complexity index is 292. The highest BCUT2D eigenvalue weighted by Gasteiger charge is 2.51. The van der Waals surface area contributed by atoms with Gasteiger partial charge in [0.15, 0.2) is 0 Å². The molecule has 0 aromatic heterocycles. The van der Waals surface area contributed by atoms with Crippen LogP contribution in [0.5, 0.6) is 0 Å². The standard InChI is InChI=1S/C14H20O/c15-7-2-1-4-10-8-11-9-14(10)13-6-3-5-12(11)13/h4,7,11-14H,1-3,5-6,8-9H2/b10-4+/t11-,12+,13-,14-/m0/s1.